The lowest BCUT2D eigenvalue weighted by Gasteiger charge is -2.23. The minimum Gasteiger partial charge on any atom is -0.398 e. The second kappa shape index (κ2) is 5.09. The summed E-state index contributed by atoms with van der Waals surface area (Å²) in [5.41, 5.74) is 8.92. The Balaban J connectivity index is 1.85. The van der Waals surface area contributed by atoms with E-state index >= 15 is 0 Å². The maximum Gasteiger partial charge on any atom is 0.150 e. The van der Waals surface area contributed by atoms with Crippen molar-refractivity contribution in [3.8, 4) is 10.4 Å². The van der Waals surface area contributed by atoms with Gasteiger partial charge in [0.1, 0.15) is 0 Å². The first-order chi connectivity index (χ1) is 10.3. The quantitative estimate of drug-likeness (QED) is 0.736. The summed E-state index contributed by atoms with van der Waals surface area (Å²) >= 11 is 1.36. The van der Waals surface area contributed by atoms with E-state index in [1.807, 2.05) is 16.9 Å². The third-order valence-electron chi connectivity index (χ3n) is 3.82. The second-order valence-electron chi connectivity index (χ2n) is 5.19. The van der Waals surface area contributed by atoms with Crippen molar-refractivity contribution in [3.05, 3.63) is 24.5 Å². The second-order valence-corrected chi connectivity index (χ2v) is 5.98. The summed E-state index contributed by atoms with van der Waals surface area (Å²) in [6.45, 7) is 0.792. The summed E-state index contributed by atoms with van der Waals surface area (Å²) in [4.78, 5) is 1.00. The van der Waals surface area contributed by atoms with E-state index in [4.69, 9.17) is 10.5 Å². The van der Waals surface area contributed by atoms with Gasteiger partial charge in [-0.15, -0.1) is 5.10 Å². The molecular formula is C14H15N5OS. The summed E-state index contributed by atoms with van der Waals surface area (Å²) in [6.07, 6.45) is 6.85. The molecule has 1 aromatic carbocycles. The predicted molar refractivity (Wildman–Crippen MR) is 81.9 cm³/mol. The van der Waals surface area contributed by atoms with E-state index in [9.17, 15) is 0 Å². The molecular weight excluding hydrogens is 286 g/mol. The Morgan fingerprint density at radius 1 is 1.29 bits per heavy atom. The number of anilines is 1. The highest BCUT2D eigenvalue weighted by Gasteiger charge is 2.20. The smallest absolute Gasteiger partial charge is 0.150 e. The summed E-state index contributed by atoms with van der Waals surface area (Å²) in [5, 5.41) is 9.34. The molecule has 0 saturated carbocycles. The van der Waals surface area contributed by atoms with Crippen molar-refractivity contribution in [2.75, 3.05) is 12.3 Å². The molecule has 3 aromatic rings. The van der Waals surface area contributed by atoms with Gasteiger partial charge < -0.3 is 10.5 Å². The molecule has 2 N–H and O–H groups in total. The van der Waals surface area contributed by atoms with E-state index in [1.165, 1.54) is 18.0 Å². The molecule has 108 valence electrons. The first kappa shape index (κ1) is 12.7. The zero-order valence-electron chi connectivity index (χ0n) is 11.4. The summed E-state index contributed by atoms with van der Waals surface area (Å²) < 4.78 is 11.7. The molecule has 1 aliphatic heterocycles. The van der Waals surface area contributed by atoms with Crippen LogP contribution >= 0.6 is 11.5 Å². The van der Waals surface area contributed by atoms with Gasteiger partial charge >= 0.3 is 0 Å². The van der Waals surface area contributed by atoms with Gasteiger partial charge in [0.15, 0.2) is 6.23 Å². The lowest BCUT2D eigenvalue weighted by molar-refractivity contribution is -0.0366. The van der Waals surface area contributed by atoms with Crippen molar-refractivity contribution in [2.45, 2.75) is 25.5 Å². The standard InChI is InChI=1S/C14H15N5OS/c15-11-5-9(13-8-16-18-21-13)6-12-10(11)7-17-19(12)14-3-1-2-4-20-14/h5-8,14H,1-4,15H2. The van der Waals surface area contributed by atoms with Crippen LogP contribution in [0.15, 0.2) is 24.5 Å². The highest BCUT2D eigenvalue weighted by atomic mass is 32.1. The van der Waals surface area contributed by atoms with E-state index in [0.29, 0.717) is 0 Å². The van der Waals surface area contributed by atoms with Gasteiger partial charge in [-0.3, -0.25) is 0 Å². The van der Waals surface area contributed by atoms with E-state index in [2.05, 4.69) is 20.8 Å². The van der Waals surface area contributed by atoms with Crippen molar-refractivity contribution in [3.63, 3.8) is 0 Å². The van der Waals surface area contributed by atoms with E-state index in [1.54, 1.807) is 6.20 Å². The van der Waals surface area contributed by atoms with Gasteiger partial charge in [-0.25, -0.2) is 4.68 Å². The number of aromatic nitrogens is 4. The molecule has 1 unspecified atom stereocenters. The number of hydrogen-bond donors (Lipinski definition) is 1. The SMILES string of the molecule is Nc1cc(-c2cnns2)cc2c1cnn2C1CCCCO1. The average molecular weight is 301 g/mol. The van der Waals surface area contributed by atoms with Crippen molar-refractivity contribution < 1.29 is 4.74 Å². The lowest BCUT2D eigenvalue weighted by atomic mass is 10.1. The van der Waals surface area contributed by atoms with Crippen LogP contribution in [-0.4, -0.2) is 26.0 Å². The van der Waals surface area contributed by atoms with Gasteiger partial charge in [-0.05, 0) is 48.5 Å². The Bertz CT molecular complexity index is 761. The van der Waals surface area contributed by atoms with Crippen LogP contribution in [0, 0.1) is 0 Å². The Labute approximate surface area is 125 Å². The Morgan fingerprint density at radius 2 is 2.24 bits per heavy atom. The zero-order chi connectivity index (χ0) is 14.2. The van der Waals surface area contributed by atoms with Gasteiger partial charge in [0.05, 0.1) is 22.8 Å². The van der Waals surface area contributed by atoms with Gasteiger partial charge in [-0.2, -0.15) is 5.10 Å². The first-order valence-corrected chi connectivity index (χ1v) is 7.76. The number of hydrogen-bond acceptors (Lipinski definition) is 6. The molecule has 0 radical (unpaired) electrons. The fraction of sp³-hybridized carbons (Fsp3) is 0.357. The number of benzene rings is 1. The molecule has 21 heavy (non-hydrogen) atoms. The molecule has 1 fully saturated rings. The van der Waals surface area contributed by atoms with Crippen molar-refractivity contribution >= 4 is 28.1 Å². The predicted octanol–water partition coefficient (Wildman–Crippen LogP) is 2.84. The summed E-state index contributed by atoms with van der Waals surface area (Å²) in [6, 6.07) is 4.04. The van der Waals surface area contributed by atoms with Crippen LogP contribution in [0.5, 0.6) is 0 Å². The highest BCUT2D eigenvalue weighted by molar-refractivity contribution is 7.09. The Hall–Kier alpha value is -1.99. The third kappa shape index (κ3) is 2.18. The molecule has 1 atom stereocenters. The van der Waals surface area contributed by atoms with E-state index in [-0.39, 0.29) is 6.23 Å². The molecule has 3 heterocycles. The molecule has 0 spiro atoms. The molecule has 4 rings (SSSR count). The summed E-state index contributed by atoms with van der Waals surface area (Å²) in [7, 11) is 0. The number of ether oxygens (including phenoxy) is 1. The molecule has 1 saturated heterocycles. The number of fused-ring (bicyclic) bond motifs is 1. The number of nitrogens with two attached hydrogens (primary N) is 1. The number of nitrogens with zero attached hydrogens (tertiary/aromatic N) is 4. The number of rotatable bonds is 2. The highest BCUT2D eigenvalue weighted by Crippen LogP contribution is 2.33. The molecule has 7 heteroatoms. The van der Waals surface area contributed by atoms with Crippen LogP contribution in [0.4, 0.5) is 5.69 Å². The third-order valence-corrected chi connectivity index (χ3v) is 4.54. The van der Waals surface area contributed by atoms with Crippen LogP contribution in [0.25, 0.3) is 21.3 Å². The average Bonchev–Trinajstić information content (AvgIpc) is 3.18. The van der Waals surface area contributed by atoms with Gasteiger partial charge in [-0.1, -0.05) is 4.49 Å². The van der Waals surface area contributed by atoms with Gasteiger partial charge in [0.2, 0.25) is 0 Å². The fourth-order valence-electron chi connectivity index (χ4n) is 2.75. The Morgan fingerprint density at radius 3 is 3.00 bits per heavy atom. The van der Waals surface area contributed by atoms with E-state index < -0.39 is 0 Å². The van der Waals surface area contributed by atoms with Crippen molar-refractivity contribution in [2.24, 2.45) is 0 Å². The largest absolute Gasteiger partial charge is 0.398 e. The Kier molecular flexibility index (Phi) is 3.08. The van der Waals surface area contributed by atoms with Crippen LogP contribution in [0.2, 0.25) is 0 Å². The normalized spacial score (nSPS) is 19.1. The van der Waals surface area contributed by atoms with Crippen molar-refractivity contribution in [1.82, 2.24) is 19.4 Å². The lowest BCUT2D eigenvalue weighted by Crippen LogP contribution is -2.18. The maximum absolute atomic E-state index is 6.18. The molecule has 1 aliphatic rings. The molecule has 0 amide bonds. The zero-order valence-corrected chi connectivity index (χ0v) is 12.2. The van der Waals surface area contributed by atoms with Gasteiger partial charge in [0.25, 0.3) is 0 Å². The minimum atomic E-state index is 0.00508. The molecule has 6 nitrogen and oxygen atoms in total. The van der Waals surface area contributed by atoms with Crippen molar-refractivity contribution in [1.29, 1.82) is 0 Å². The summed E-state index contributed by atoms with van der Waals surface area (Å²) in [5.74, 6) is 0. The first-order valence-electron chi connectivity index (χ1n) is 6.99. The monoisotopic (exact) mass is 301 g/mol. The molecule has 2 aromatic heterocycles. The van der Waals surface area contributed by atoms with Gasteiger partial charge in [0, 0.05) is 17.7 Å². The molecule has 0 bridgehead atoms. The fourth-order valence-corrected chi connectivity index (χ4v) is 3.25. The number of nitrogen functional groups attached to an aromatic ring is 1. The maximum atomic E-state index is 6.18. The minimum absolute atomic E-state index is 0.00508. The van der Waals surface area contributed by atoms with Crippen LogP contribution in [0.3, 0.4) is 0 Å². The van der Waals surface area contributed by atoms with Crippen LogP contribution < -0.4 is 5.73 Å². The van der Waals surface area contributed by atoms with E-state index in [0.717, 1.165) is 46.5 Å². The van der Waals surface area contributed by atoms with Crippen LogP contribution in [0.1, 0.15) is 25.5 Å². The molecule has 0 aliphatic carbocycles. The topological polar surface area (TPSA) is 78.9 Å². The van der Waals surface area contributed by atoms with Crippen LogP contribution in [-0.2, 0) is 4.74 Å².